The summed E-state index contributed by atoms with van der Waals surface area (Å²) in [5.74, 6) is -0.581. The van der Waals surface area contributed by atoms with Gasteiger partial charge in [0.15, 0.2) is 0 Å². The van der Waals surface area contributed by atoms with E-state index in [1.54, 1.807) is 12.1 Å². The highest BCUT2D eigenvalue weighted by atomic mass is 19.1. The van der Waals surface area contributed by atoms with Gasteiger partial charge in [-0.05, 0) is 12.0 Å². The van der Waals surface area contributed by atoms with Gasteiger partial charge in [-0.1, -0.05) is 19.9 Å². The van der Waals surface area contributed by atoms with Crippen molar-refractivity contribution in [2.24, 2.45) is 5.92 Å². The smallest absolute Gasteiger partial charge is 0.218 e. The number of pyridine rings is 1. The summed E-state index contributed by atoms with van der Waals surface area (Å²) in [4.78, 5) is 3.46. The number of halogens is 1. The fourth-order valence-corrected chi connectivity index (χ4v) is 0.978. The molecular formula is C9H12FNO. The number of aromatic nitrogens is 1. The molecule has 1 unspecified atom stereocenters. The van der Waals surface area contributed by atoms with Crippen LogP contribution < -0.4 is 0 Å². The molecule has 0 aromatic carbocycles. The summed E-state index contributed by atoms with van der Waals surface area (Å²) in [6, 6.07) is 3.16. The number of nitrogens with zero attached hydrogens (tertiary/aromatic N) is 1. The second-order valence-electron chi connectivity index (χ2n) is 3.07. The Morgan fingerprint density at radius 1 is 1.50 bits per heavy atom. The molecule has 0 aliphatic heterocycles. The average Bonchev–Trinajstić information content (AvgIpc) is 2.04. The van der Waals surface area contributed by atoms with Crippen LogP contribution in [0.1, 0.15) is 25.5 Å². The van der Waals surface area contributed by atoms with Gasteiger partial charge in [-0.2, -0.15) is 4.39 Å². The third-order valence-corrected chi connectivity index (χ3v) is 1.74. The Balaban J connectivity index is 2.94. The predicted molar refractivity (Wildman–Crippen MR) is 44.0 cm³/mol. The summed E-state index contributed by atoms with van der Waals surface area (Å²) in [5, 5.41) is 9.50. The lowest BCUT2D eigenvalue weighted by Gasteiger charge is -2.14. The highest BCUT2D eigenvalue weighted by Crippen LogP contribution is 2.21. The summed E-state index contributed by atoms with van der Waals surface area (Å²) >= 11 is 0. The zero-order valence-corrected chi connectivity index (χ0v) is 7.16. The van der Waals surface area contributed by atoms with Gasteiger partial charge in [-0.3, -0.25) is 0 Å². The number of hydrogen-bond acceptors (Lipinski definition) is 2. The summed E-state index contributed by atoms with van der Waals surface area (Å²) in [5.41, 5.74) is 0.271. The molecule has 0 fully saturated rings. The summed E-state index contributed by atoms with van der Waals surface area (Å²) in [7, 11) is 0. The average molecular weight is 169 g/mol. The van der Waals surface area contributed by atoms with Crippen LogP contribution in [0.2, 0.25) is 0 Å². The topological polar surface area (TPSA) is 33.1 Å². The van der Waals surface area contributed by atoms with Crippen LogP contribution in [-0.2, 0) is 0 Å². The van der Waals surface area contributed by atoms with Crippen LogP contribution >= 0.6 is 0 Å². The molecule has 66 valence electrons. The van der Waals surface area contributed by atoms with E-state index in [1.807, 2.05) is 13.8 Å². The third-order valence-electron chi connectivity index (χ3n) is 1.74. The van der Waals surface area contributed by atoms with Crippen LogP contribution in [0.5, 0.6) is 0 Å². The molecule has 1 aromatic heterocycles. The van der Waals surface area contributed by atoms with Crippen molar-refractivity contribution < 1.29 is 9.50 Å². The maximum atomic E-state index is 12.9. The second kappa shape index (κ2) is 3.63. The zero-order valence-electron chi connectivity index (χ0n) is 7.16. The normalized spacial score (nSPS) is 13.4. The number of hydrogen-bond donors (Lipinski definition) is 1. The molecule has 1 N–H and O–H groups in total. The van der Waals surface area contributed by atoms with Crippen molar-refractivity contribution in [1.82, 2.24) is 4.98 Å². The summed E-state index contributed by atoms with van der Waals surface area (Å²) < 4.78 is 12.9. The van der Waals surface area contributed by atoms with E-state index in [2.05, 4.69) is 4.98 Å². The van der Waals surface area contributed by atoms with Gasteiger partial charge in [0.1, 0.15) is 0 Å². The first-order chi connectivity index (χ1) is 5.63. The summed E-state index contributed by atoms with van der Waals surface area (Å²) in [6.45, 7) is 3.66. The van der Waals surface area contributed by atoms with Crippen molar-refractivity contribution in [3.8, 4) is 0 Å². The predicted octanol–water partition coefficient (Wildman–Crippen LogP) is 1.91. The number of rotatable bonds is 2. The molecule has 0 bridgehead atoms. The summed E-state index contributed by atoms with van der Waals surface area (Å²) in [6.07, 6.45) is 0.602. The Kier molecular flexibility index (Phi) is 2.76. The van der Waals surface area contributed by atoms with Crippen molar-refractivity contribution in [3.05, 3.63) is 29.8 Å². The third kappa shape index (κ3) is 1.80. The molecular weight excluding hydrogens is 157 g/mol. The van der Waals surface area contributed by atoms with E-state index in [4.69, 9.17) is 0 Å². The van der Waals surface area contributed by atoms with Crippen LogP contribution in [0.25, 0.3) is 0 Å². The highest BCUT2D eigenvalue weighted by Gasteiger charge is 2.15. The number of aliphatic hydroxyl groups excluding tert-OH is 1. The minimum atomic E-state index is -0.765. The second-order valence-corrected chi connectivity index (χ2v) is 3.07. The lowest BCUT2D eigenvalue weighted by Crippen LogP contribution is -2.08. The Morgan fingerprint density at radius 3 is 2.67 bits per heavy atom. The van der Waals surface area contributed by atoms with E-state index < -0.39 is 12.1 Å². The van der Waals surface area contributed by atoms with Gasteiger partial charge in [0.25, 0.3) is 0 Å². The molecule has 0 spiro atoms. The fourth-order valence-electron chi connectivity index (χ4n) is 0.978. The van der Waals surface area contributed by atoms with Crippen molar-refractivity contribution in [1.29, 1.82) is 0 Å². The molecule has 1 rings (SSSR count). The van der Waals surface area contributed by atoms with Gasteiger partial charge in [-0.25, -0.2) is 4.98 Å². The monoisotopic (exact) mass is 169 g/mol. The van der Waals surface area contributed by atoms with Gasteiger partial charge >= 0.3 is 0 Å². The lowest BCUT2D eigenvalue weighted by molar-refractivity contribution is 0.122. The lowest BCUT2D eigenvalue weighted by atomic mass is 10.0. The van der Waals surface area contributed by atoms with Crippen LogP contribution in [0.3, 0.4) is 0 Å². The van der Waals surface area contributed by atoms with E-state index in [1.165, 1.54) is 6.20 Å². The van der Waals surface area contributed by atoms with E-state index in [0.717, 1.165) is 0 Å². The molecule has 0 amide bonds. The Morgan fingerprint density at radius 2 is 2.17 bits per heavy atom. The SMILES string of the molecule is CC(C)C(O)c1cccnc1F. The van der Waals surface area contributed by atoms with Crippen molar-refractivity contribution in [3.63, 3.8) is 0 Å². The molecule has 1 heterocycles. The van der Waals surface area contributed by atoms with Crippen LogP contribution in [0.4, 0.5) is 4.39 Å². The van der Waals surface area contributed by atoms with Crippen LogP contribution in [0, 0.1) is 11.9 Å². The standard InChI is InChI=1S/C9H12FNO/c1-6(2)8(12)7-4-3-5-11-9(7)10/h3-6,8,12H,1-2H3. The first-order valence-electron chi connectivity index (χ1n) is 3.91. The molecule has 1 atom stereocenters. The van der Waals surface area contributed by atoms with Gasteiger partial charge in [0.2, 0.25) is 5.95 Å². The molecule has 3 heteroatoms. The Bertz CT molecular complexity index is 262. The molecule has 0 aliphatic carbocycles. The molecule has 12 heavy (non-hydrogen) atoms. The Hall–Kier alpha value is -0.960. The molecule has 0 saturated heterocycles. The van der Waals surface area contributed by atoms with Gasteiger partial charge in [0.05, 0.1) is 6.10 Å². The fraction of sp³-hybridized carbons (Fsp3) is 0.444. The molecule has 1 aromatic rings. The van der Waals surface area contributed by atoms with Crippen LogP contribution in [-0.4, -0.2) is 10.1 Å². The Labute approximate surface area is 71.1 Å². The molecule has 0 aliphatic rings. The maximum Gasteiger partial charge on any atom is 0.218 e. The van der Waals surface area contributed by atoms with Crippen molar-refractivity contribution in [2.75, 3.05) is 0 Å². The van der Waals surface area contributed by atoms with Crippen LogP contribution in [0.15, 0.2) is 18.3 Å². The van der Waals surface area contributed by atoms with Crippen molar-refractivity contribution >= 4 is 0 Å². The quantitative estimate of drug-likeness (QED) is 0.686. The van der Waals surface area contributed by atoms with E-state index in [0.29, 0.717) is 0 Å². The number of aliphatic hydroxyl groups is 1. The first kappa shape index (κ1) is 9.13. The minimum absolute atomic E-state index is 0.00343. The first-order valence-corrected chi connectivity index (χ1v) is 3.91. The molecule has 0 saturated carbocycles. The van der Waals surface area contributed by atoms with Gasteiger partial charge in [-0.15, -0.1) is 0 Å². The maximum absolute atomic E-state index is 12.9. The highest BCUT2D eigenvalue weighted by molar-refractivity contribution is 5.14. The molecule has 2 nitrogen and oxygen atoms in total. The van der Waals surface area contributed by atoms with Gasteiger partial charge in [0, 0.05) is 11.8 Å². The zero-order chi connectivity index (χ0) is 9.14. The van der Waals surface area contributed by atoms with E-state index >= 15 is 0 Å². The van der Waals surface area contributed by atoms with Gasteiger partial charge < -0.3 is 5.11 Å². The largest absolute Gasteiger partial charge is 0.388 e. The van der Waals surface area contributed by atoms with E-state index in [9.17, 15) is 9.50 Å². The molecule has 0 radical (unpaired) electrons. The van der Waals surface area contributed by atoms with E-state index in [-0.39, 0.29) is 11.5 Å². The van der Waals surface area contributed by atoms with Crippen molar-refractivity contribution in [2.45, 2.75) is 20.0 Å². The minimum Gasteiger partial charge on any atom is -0.388 e.